The lowest BCUT2D eigenvalue weighted by Crippen LogP contribution is -2.40. The van der Waals surface area contributed by atoms with Gasteiger partial charge in [0.25, 0.3) is 0 Å². The summed E-state index contributed by atoms with van der Waals surface area (Å²) in [5.41, 5.74) is 0.379. The van der Waals surface area contributed by atoms with Gasteiger partial charge in [-0.15, -0.1) is 0 Å². The molecule has 1 aliphatic carbocycles. The van der Waals surface area contributed by atoms with Crippen molar-refractivity contribution in [3.05, 3.63) is 0 Å². The fourth-order valence-electron chi connectivity index (χ4n) is 2.70. The van der Waals surface area contributed by atoms with Crippen LogP contribution in [-0.2, 0) is 0 Å². The summed E-state index contributed by atoms with van der Waals surface area (Å²) in [6.07, 6.45) is 5.97. The molecule has 1 fully saturated rings. The number of alkyl halides is 1. The largest absolute Gasteiger partial charge is 0.247 e. The number of hydrogen-bond acceptors (Lipinski definition) is 0. The Hall–Kier alpha value is -0.0700. The van der Waals surface area contributed by atoms with Gasteiger partial charge >= 0.3 is 0 Å². The van der Waals surface area contributed by atoms with Crippen molar-refractivity contribution in [3.63, 3.8) is 0 Å². The first-order valence-electron chi connectivity index (χ1n) is 5.78. The van der Waals surface area contributed by atoms with Crippen molar-refractivity contribution in [1.29, 1.82) is 0 Å². The molecule has 0 aromatic carbocycles. The van der Waals surface area contributed by atoms with E-state index in [1.807, 2.05) is 6.92 Å². The van der Waals surface area contributed by atoms with Crippen LogP contribution in [0.3, 0.4) is 0 Å². The first kappa shape index (κ1) is 11.0. The van der Waals surface area contributed by atoms with Gasteiger partial charge in [0.1, 0.15) is 6.17 Å². The summed E-state index contributed by atoms with van der Waals surface area (Å²) in [7, 11) is 0. The van der Waals surface area contributed by atoms with Crippen LogP contribution in [0.4, 0.5) is 4.39 Å². The highest BCUT2D eigenvalue weighted by Gasteiger charge is 2.43. The lowest BCUT2D eigenvalue weighted by atomic mass is 9.56. The Morgan fingerprint density at radius 3 is 2.46 bits per heavy atom. The van der Waals surface area contributed by atoms with Crippen molar-refractivity contribution in [3.8, 4) is 0 Å². The molecule has 13 heavy (non-hydrogen) atoms. The van der Waals surface area contributed by atoms with E-state index in [1.165, 1.54) is 25.7 Å². The van der Waals surface area contributed by atoms with Crippen LogP contribution in [0.2, 0.25) is 0 Å². The van der Waals surface area contributed by atoms with Gasteiger partial charge in [0.2, 0.25) is 0 Å². The van der Waals surface area contributed by atoms with E-state index in [1.54, 1.807) is 0 Å². The van der Waals surface area contributed by atoms with Crippen LogP contribution in [0.1, 0.15) is 59.3 Å². The molecular formula is C12H23F. The zero-order chi connectivity index (χ0) is 9.90. The monoisotopic (exact) mass is 186 g/mol. The van der Waals surface area contributed by atoms with Crippen molar-refractivity contribution in [2.24, 2.45) is 11.3 Å². The van der Waals surface area contributed by atoms with Gasteiger partial charge in [-0.1, -0.05) is 27.2 Å². The summed E-state index contributed by atoms with van der Waals surface area (Å²) in [4.78, 5) is 0. The zero-order valence-electron chi connectivity index (χ0n) is 9.28. The Morgan fingerprint density at radius 1 is 1.46 bits per heavy atom. The molecule has 0 bridgehead atoms. The van der Waals surface area contributed by atoms with Crippen molar-refractivity contribution in [2.45, 2.75) is 65.5 Å². The van der Waals surface area contributed by atoms with E-state index in [0.717, 1.165) is 12.3 Å². The average molecular weight is 186 g/mol. The van der Waals surface area contributed by atoms with E-state index < -0.39 is 6.17 Å². The maximum Gasteiger partial charge on any atom is 0.100 e. The average Bonchev–Trinajstić information content (AvgIpc) is 2.14. The molecule has 0 amide bonds. The van der Waals surface area contributed by atoms with Crippen LogP contribution in [0, 0.1) is 11.3 Å². The van der Waals surface area contributed by atoms with Crippen molar-refractivity contribution >= 4 is 0 Å². The normalized spacial score (nSPS) is 35.5. The van der Waals surface area contributed by atoms with Gasteiger partial charge in [-0.25, -0.2) is 4.39 Å². The number of halogens is 1. The van der Waals surface area contributed by atoms with E-state index in [0.29, 0.717) is 11.8 Å². The molecule has 0 nitrogen and oxygen atoms in total. The SMILES string of the molecule is CCC[C@]1(C[C@H](F)CC)CCC1C. The number of rotatable bonds is 5. The first-order valence-corrected chi connectivity index (χ1v) is 5.78. The fourth-order valence-corrected chi connectivity index (χ4v) is 2.70. The van der Waals surface area contributed by atoms with Crippen LogP contribution >= 0.6 is 0 Å². The van der Waals surface area contributed by atoms with E-state index in [4.69, 9.17) is 0 Å². The first-order chi connectivity index (χ1) is 6.14. The van der Waals surface area contributed by atoms with Gasteiger partial charge < -0.3 is 0 Å². The van der Waals surface area contributed by atoms with Gasteiger partial charge in [0.05, 0.1) is 0 Å². The molecule has 1 aliphatic rings. The lowest BCUT2D eigenvalue weighted by molar-refractivity contribution is -0.00186. The predicted octanol–water partition coefficient (Wildman–Crippen LogP) is 4.34. The summed E-state index contributed by atoms with van der Waals surface area (Å²) in [5, 5.41) is 0. The van der Waals surface area contributed by atoms with Gasteiger partial charge in [-0.05, 0) is 43.4 Å². The highest BCUT2D eigenvalue weighted by molar-refractivity contribution is 4.94. The van der Waals surface area contributed by atoms with Crippen LogP contribution in [0.5, 0.6) is 0 Å². The third-order valence-corrected chi connectivity index (χ3v) is 3.94. The molecule has 0 aromatic rings. The third-order valence-electron chi connectivity index (χ3n) is 3.94. The fraction of sp³-hybridized carbons (Fsp3) is 1.00. The summed E-state index contributed by atoms with van der Waals surface area (Å²) >= 11 is 0. The zero-order valence-corrected chi connectivity index (χ0v) is 9.28. The minimum Gasteiger partial charge on any atom is -0.247 e. The third kappa shape index (κ3) is 2.24. The molecule has 78 valence electrons. The highest BCUT2D eigenvalue weighted by Crippen LogP contribution is 2.53. The minimum absolute atomic E-state index is 0.379. The molecule has 0 N–H and O–H groups in total. The van der Waals surface area contributed by atoms with E-state index in [9.17, 15) is 4.39 Å². The molecule has 1 saturated carbocycles. The van der Waals surface area contributed by atoms with E-state index in [2.05, 4.69) is 13.8 Å². The molecule has 3 atom stereocenters. The molecule has 1 rings (SSSR count). The van der Waals surface area contributed by atoms with Gasteiger partial charge in [0, 0.05) is 0 Å². The maximum absolute atomic E-state index is 13.3. The molecule has 0 heterocycles. The van der Waals surface area contributed by atoms with Crippen LogP contribution in [0.15, 0.2) is 0 Å². The molecular weight excluding hydrogens is 163 g/mol. The Labute approximate surface area is 81.9 Å². The summed E-state index contributed by atoms with van der Waals surface area (Å²) in [5.74, 6) is 0.761. The predicted molar refractivity (Wildman–Crippen MR) is 55.5 cm³/mol. The molecule has 1 heteroatoms. The Bertz CT molecular complexity index is 155. The van der Waals surface area contributed by atoms with Crippen molar-refractivity contribution in [2.75, 3.05) is 0 Å². The second-order valence-electron chi connectivity index (χ2n) is 4.76. The van der Waals surface area contributed by atoms with E-state index in [-0.39, 0.29) is 0 Å². The van der Waals surface area contributed by atoms with Crippen LogP contribution in [0.25, 0.3) is 0 Å². The summed E-state index contributed by atoms with van der Waals surface area (Å²) in [6, 6.07) is 0. The summed E-state index contributed by atoms with van der Waals surface area (Å²) < 4.78 is 13.3. The van der Waals surface area contributed by atoms with E-state index >= 15 is 0 Å². The second-order valence-corrected chi connectivity index (χ2v) is 4.76. The van der Waals surface area contributed by atoms with Crippen LogP contribution < -0.4 is 0 Å². The van der Waals surface area contributed by atoms with Crippen molar-refractivity contribution in [1.82, 2.24) is 0 Å². The standard InChI is InChI=1S/C12H23F/c1-4-7-12(8-6-10(12)3)9-11(13)5-2/h10-11H,4-9H2,1-3H3/t10?,11-,12-/m1/s1. The molecule has 0 aliphatic heterocycles. The molecule has 0 radical (unpaired) electrons. The Morgan fingerprint density at radius 2 is 2.15 bits per heavy atom. The van der Waals surface area contributed by atoms with Gasteiger partial charge in [-0.2, -0.15) is 0 Å². The minimum atomic E-state index is -0.561. The Balaban J connectivity index is 2.47. The van der Waals surface area contributed by atoms with Gasteiger partial charge in [0.15, 0.2) is 0 Å². The second kappa shape index (κ2) is 4.43. The number of hydrogen-bond donors (Lipinski definition) is 0. The quantitative estimate of drug-likeness (QED) is 0.599. The topological polar surface area (TPSA) is 0 Å². The van der Waals surface area contributed by atoms with Crippen LogP contribution in [-0.4, -0.2) is 6.17 Å². The molecule has 0 spiro atoms. The maximum atomic E-state index is 13.3. The molecule has 0 aromatic heterocycles. The van der Waals surface area contributed by atoms with Crippen molar-refractivity contribution < 1.29 is 4.39 Å². The lowest BCUT2D eigenvalue weighted by Gasteiger charge is -2.49. The summed E-state index contributed by atoms with van der Waals surface area (Å²) in [6.45, 7) is 6.46. The molecule has 0 saturated heterocycles. The Kier molecular flexibility index (Phi) is 3.75. The highest BCUT2D eigenvalue weighted by atomic mass is 19.1. The molecule has 1 unspecified atom stereocenters. The van der Waals surface area contributed by atoms with Gasteiger partial charge in [-0.3, -0.25) is 0 Å². The smallest absolute Gasteiger partial charge is 0.100 e.